The molecule has 94 valence electrons. The Morgan fingerprint density at radius 3 is 2.62 bits per heavy atom. The average molecular weight is 225 g/mol. The van der Waals surface area contributed by atoms with E-state index in [1.54, 1.807) is 0 Å². The zero-order chi connectivity index (χ0) is 11.2. The number of ether oxygens (including phenoxy) is 1. The average Bonchev–Trinajstić information content (AvgIpc) is 2.38. The molecule has 2 heteroatoms. The quantitative estimate of drug-likeness (QED) is 0.794. The summed E-state index contributed by atoms with van der Waals surface area (Å²) in [6.45, 7) is 5.50. The van der Waals surface area contributed by atoms with Gasteiger partial charge in [0.05, 0.1) is 6.61 Å². The van der Waals surface area contributed by atoms with Gasteiger partial charge in [-0.2, -0.15) is 0 Å². The second-order valence-corrected chi connectivity index (χ2v) is 5.68. The highest BCUT2D eigenvalue weighted by atomic mass is 16.5. The molecule has 1 aliphatic carbocycles. The third kappa shape index (κ3) is 3.74. The van der Waals surface area contributed by atoms with Crippen molar-refractivity contribution < 1.29 is 4.74 Å². The van der Waals surface area contributed by atoms with Gasteiger partial charge in [0.2, 0.25) is 0 Å². The second kappa shape index (κ2) is 6.61. The molecule has 16 heavy (non-hydrogen) atoms. The zero-order valence-corrected chi connectivity index (χ0v) is 10.7. The van der Waals surface area contributed by atoms with Crippen LogP contribution >= 0.6 is 0 Å². The van der Waals surface area contributed by atoms with E-state index in [9.17, 15) is 0 Å². The van der Waals surface area contributed by atoms with Crippen LogP contribution in [0.1, 0.15) is 51.9 Å². The van der Waals surface area contributed by atoms with Crippen molar-refractivity contribution in [3.63, 3.8) is 0 Å². The Morgan fingerprint density at radius 1 is 1.12 bits per heavy atom. The van der Waals surface area contributed by atoms with E-state index in [-0.39, 0.29) is 0 Å². The first-order valence-corrected chi connectivity index (χ1v) is 7.17. The molecule has 0 spiro atoms. The van der Waals surface area contributed by atoms with E-state index in [0.717, 1.165) is 31.6 Å². The van der Waals surface area contributed by atoms with Gasteiger partial charge in [-0.05, 0) is 44.4 Å². The second-order valence-electron chi connectivity index (χ2n) is 5.68. The van der Waals surface area contributed by atoms with Gasteiger partial charge < -0.3 is 10.1 Å². The molecule has 2 rings (SSSR count). The number of rotatable bonds is 4. The van der Waals surface area contributed by atoms with Crippen LogP contribution in [0, 0.1) is 11.8 Å². The lowest BCUT2D eigenvalue weighted by molar-refractivity contribution is 0.0528. The summed E-state index contributed by atoms with van der Waals surface area (Å²) in [6, 6.07) is 0.710. The maximum absolute atomic E-state index is 5.52. The predicted octanol–water partition coefficient (Wildman–Crippen LogP) is 2.97. The van der Waals surface area contributed by atoms with Crippen molar-refractivity contribution in [2.24, 2.45) is 11.8 Å². The molecule has 2 fully saturated rings. The summed E-state index contributed by atoms with van der Waals surface area (Å²) in [6.07, 6.45) is 9.84. The minimum Gasteiger partial charge on any atom is -0.381 e. The van der Waals surface area contributed by atoms with E-state index in [0.29, 0.717) is 6.04 Å². The topological polar surface area (TPSA) is 21.3 Å². The molecule has 1 heterocycles. The Labute approximate surface area is 100 Å². The molecule has 1 aliphatic heterocycles. The van der Waals surface area contributed by atoms with Gasteiger partial charge in [-0.3, -0.25) is 0 Å². The third-order valence-corrected chi connectivity index (χ3v) is 4.34. The van der Waals surface area contributed by atoms with E-state index < -0.39 is 0 Å². The van der Waals surface area contributed by atoms with Crippen LogP contribution in [0.4, 0.5) is 0 Å². The Morgan fingerprint density at radius 2 is 1.94 bits per heavy atom. The summed E-state index contributed by atoms with van der Waals surface area (Å²) in [5, 5.41) is 3.74. The maximum atomic E-state index is 5.52. The van der Waals surface area contributed by atoms with Crippen LogP contribution < -0.4 is 5.32 Å². The molecule has 1 N–H and O–H groups in total. The summed E-state index contributed by atoms with van der Waals surface area (Å²) in [5.41, 5.74) is 0. The zero-order valence-electron chi connectivity index (χ0n) is 10.7. The van der Waals surface area contributed by atoms with Crippen LogP contribution in [0.25, 0.3) is 0 Å². The SMILES string of the molecule is CC(NCC1CCCOC1)C1CCCCC1. The van der Waals surface area contributed by atoms with Crippen LogP contribution in [0.3, 0.4) is 0 Å². The first-order valence-electron chi connectivity index (χ1n) is 7.17. The highest BCUT2D eigenvalue weighted by Gasteiger charge is 2.21. The maximum Gasteiger partial charge on any atom is 0.0506 e. The molecule has 2 atom stereocenters. The van der Waals surface area contributed by atoms with Crippen LogP contribution in [-0.2, 0) is 4.74 Å². The number of nitrogens with one attached hydrogen (secondary N) is 1. The van der Waals surface area contributed by atoms with Crippen LogP contribution in [-0.4, -0.2) is 25.8 Å². The highest BCUT2D eigenvalue weighted by Crippen LogP contribution is 2.26. The first-order chi connectivity index (χ1) is 7.86. The smallest absolute Gasteiger partial charge is 0.0506 e. The molecule has 0 radical (unpaired) electrons. The van der Waals surface area contributed by atoms with E-state index in [1.165, 1.54) is 44.9 Å². The van der Waals surface area contributed by atoms with E-state index in [4.69, 9.17) is 4.74 Å². The van der Waals surface area contributed by atoms with Crippen molar-refractivity contribution in [2.45, 2.75) is 57.9 Å². The van der Waals surface area contributed by atoms with Crippen molar-refractivity contribution in [1.82, 2.24) is 5.32 Å². The van der Waals surface area contributed by atoms with E-state index in [1.807, 2.05) is 0 Å². The lowest BCUT2D eigenvalue weighted by Crippen LogP contribution is -2.39. The highest BCUT2D eigenvalue weighted by molar-refractivity contribution is 4.77. The normalized spacial score (nSPS) is 30.2. The minimum atomic E-state index is 0.710. The fourth-order valence-corrected chi connectivity index (χ4v) is 3.12. The molecule has 1 saturated heterocycles. The van der Waals surface area contributed by atoms with E-state index >= 15 is 0 Å². The van der Waals surface area contributed by atoms with Crippen molar-refractivity contribution in [2.75, 3.05) is 19.8 Å². The fourth-order valence-electron chi connectivity index (χ4n) is 3.12. The van der Waals surface area contributed by atoms with Crippen LogP contribution in [0.15, 0.2) is 0 Å². The minimum absolute atomic E-state index is 0.710. The van der Waals surface area contributed by atoms with Gasteiger partial charge in [0.1, 0.15) is 0 Å². The molecule has 0 aromatic heterocycles. The van der Waals surface area contributed by atoms with E-state index in [2.05, 4.69) is 12.2 Å². The van der Waals surface area contributed by atoms with Gasteiger partial charge in [0.15, 0.2) is 0 Å². The van der Waals surface area contributed by atoms with Crippen molar-refractivity contribution >= 4 is 0 Å². The first kappa shape index (κ1) is 12.4. The lowest BCUT2D eigenvalue weighted by Gasteiger charge is -2.30. The predicted molar refractivity (Wildman–Crippen MR) is 67.6 cm³/mol. The van der Waals surface area contributed by atoms with Gasteiger partial charge in [0, 0.05) is 19.2 Å². The Balaban J connectivity index is 1.63. The van der Waals surface area contributed by atoms with Gasteiger partial charge in [-0.15, -0.1) is 0 Å². The van der Waals surface area contributed by atoms with Gasteiger partial charge in [0.25, 0.3) is 0 Å². The summed E-state index contributed by atoms with van der Waals surface area (Å²) in [4.78, 5) is 0. The fraction of sp³-hybridized carbons (Fsp3) is 1.00. The lowest BCUT2D eigenvalue weighted by atomic mass is 9.84. The monoisotopic (exact) mass is 225 g/mol. The molecular formula is C14H27NO. The molecule has 0 aromatic carbocycles. The summed E-state index contributed by atoms with van der Waals surface area (Å²) in [7, 11) is 0. The standard InChI is InChI=1S/C14H27NO/c1-12(14-7-3-2-4-8-14)15-10-13-6-5-9-16-11-13/h12-15H,2-11H2,1H3. The van der Waals surface area contributed by atoms with Gasteiger partial charge in [-0.25, -0.2) is 0 Å². The molecule has 2 aliphatic rings. The third-order valence-electron chi connectivity index (χ3n) is 4.34. The largest absolute Gasteiger partial charge is 0.381 e. The number of hydrogen-bond donors (Lipinski definition) is 1. The van der Waals surface area contributed by atoms with Gasteiger partial charge >= 0.3 is 0 Å². The number of hydrogen-bond acceptors (Lipinski definition) is 2. The molecule has 0 aromatic rings. The van der Waals surface area contributed by atoms with Crippen LogP contribution in [0.5, 0.6) is 0 Å². The Kier molecular flexibility index (Phi) is 5.11. The molecule has 2 unspecified atom stereocenters. The van der Waals surface area contributed by atoms with Gasteiger partial charge in [-0.1, -0.05) is 19.3 Å². The summed E-state index contributed by atoms with van der Waals surface area (Å²) < 4.78 is 5.52. The molecule has 0 bridgehead atoms. The summed E-state index contributed by atoms with van der Waals surface area (Å²) >= 11 is 0. The van der Waals surface area contributed by atoms with Crippen molar-refractivity contribution in [3.8, 4) is 0 Å². The Hall–Kier alpha value is -0.0800. The van der Waals surface area contributed by atoms with Crippen molar-refractivity contribution in [1.29, 1.82) is 0 Å². The van der Waals surface area contributed by atoms with Crippen LogP contribution in [0.2, 0.25) is 0 Å². The molecule has 2 nitrogen and oxygen atoms in total. The van der Waals surface area contributed by atoms with Crippen molar-refractivity contribution in [3.05, 3.63) is 0 Å². The molecule has 1 saturated carbocycles. The summed E-state index contributed by atoms with van der Waals surface area (Å²) in [5.74, 6) is 1.69. The molecular weight excluding hydrogens is 198 g/mol. The molecule has 0 amide bonds. The Bertz CT molecular complexity index is 183.